The molecule has 0 heterocycles. The van der Waals surface area contributed by atoms with Gasteiger partial charge in [-0.2, -0.15) is 0 Å². The van der Waals surface area contributed by atoms with E-state index in [1.54, 1.807) is 0 Å². The van der Waals surface area contributed by atoms with Gasteiger partial charge in [0.25, 0.3) is 0 Å². The molecule has 228 valence electrons. The highest BCUT2D eigenvalue weighted by Gasteiger charge is 2.16. The smallest absolute Gasteiger partial charge is 0.347 e. The number of sulfonamides is 1. The largest absolute Gasteiger partial charge is 0.395 e. The number of aliphatic hydroxyl groups is 2. The number of unbranched alkanes of at least 4 members (excludes halogenated alkanes) is 12. The van der Waals surface area contributed by atoms with Crippen LogP contribution in [0.15, 0.2) is 30.3 Å². The lowest BCUT2D eigenvalue weighted by Gasteiger charge is -2.16. The maximum atomic E-state index is 12.1. The lowest BCUT2D eigenvalue weighted by molar-refractivity contribution is 0.0626. The molecular weight excluding hydrogens is 537 g/mol. The molecule has 3 N–H and O–H groups in total. The van der Waals surface area contributed by atoms with E-state index in [0.717, 1.165) is 44.1 Å². The molecule has 0 amide bonds. The Kier molecular flexibility index (Phi) is 25.1. The minimum atomic E-state index is -3.26. The predicted octanol–water partition coefficient (Wildman–Crippen LogP) is 6.85. The van der Waals surface area contributed by atoms with E-state index in [-0.39, 0.29) is 25.0 Å². The average molecular weight is 592 g/mol. The van der Waals surface area contributed by atoms with Crippen molar-refractivity contribution in [2.24, 2.45) is 0 Å². The summed E-state index contributed by atoms with van der Waals surface area (Å²) in [4.78, 5) is 0. The van der Waals surface area contributed by atoms with E-state index in [1.807, 2.05) is 30.3 Å². The first-order valence-corrected chi connectivity index (χ1v) is 17.7. The van der Waals surface area contributed by atoms with Crippen molar-refractivity contribution in [1.29, 1.82) is 0 Å². The molecule has 0 aliphatic rings. The summed E-state index contributed by atoms with van der Waals surface area (Å²) < 4.78 is 52.4. The number of hydrogen-bond acceptors (Lipinski definition) is 7. The van der Waals surface area contributed by atoms with Gasteiger partial charge in [0, 0.05) is 6.04 Å². The topological polar surface area (TPSA) is 130 Å². The van der Waals surface area contributed by atoms with Crippen molar-refractivity contribution >= 4 is 17.7 Å². The summed E-state index contributed by atoms with van der Waals surface area (Å²) in [5, 5.41) is 18.3. The molecule has 2 atom stereocenters. The molecule has 2 unspecified atom stereocenters. The highest BCUT2D eigenvalue weighted by atomic mass is 32.2. The van der Waals surface area contributed by atoms with Gasteiger partial charge in [0.1, 0.15) is 0 Å². The predicted molar refractivity (Wildman–Crippen MR) is 159 cm³/mol. The van der Waals surface area contributed by atoms with E-state index in [9.17, 15) is 22.7 Å². The first-order valence-electron chi connectivity index (χ1n) is 14.8. The molecule has 0 bridgehead atoms. The van der Waals surface area contributed by atoms with Gasteiger partial charge in [-0.15, -0.1) is 0 Å². The minimum absolute atomic E-state index is 0.106. The lowest BCUT2D eigenvalue weighted by Crippen LogP contribution is -2.38. The Morgan fingerprint density at radius 1 is 0.821 bits per heavy atom. The highest BCUT2D eigenvalue weighted by Crippen LogP contribution is 2.13. The van der Waals surface area contributed by atoms with Crippen molar-refractivity contribution in [2.45, 2.75) is 129 Å². The molecule has 39 heavy (non-hydrogen) atoms. The number of hydrogen-bond donors (Lipinski definition) is 3. The zero-order chi connectivity index (χ0) is 29.2. The van der Waals surface area contributed by atoms with Crippen LogP contribution in [0.4, 0.5) is 0 Å². The van der Waals surface area contributed by atoms with E-state index in [4.69, 9.17) is 9.84 Å². The molecule has 10 heteroatoms. The molecule has 8 nitrogen and oxygen atoms in total. The summed E-state index contributed by atoms with van der Waals surface area (Å²) in [5.74, 6) is -1.22. The normalized spacial score (nSPS) is 12.9. The second-order valence-corrected chi connectivity index (χ2v) is 13.2. The Morgan fingerprint density at radius 3 is 1.85 bits per heavy atom. The highest BCUT2D eigenvalue weighted by molar-refractivity contribution is 7.89. The van der Waals surface area contributed by atoms with E-state index >= 15 is 0 Å². The zero-order valence-electron chi connectivity index (χ0n) is 24.3. The van der Waals surface area contributed by atoms with E-state index < -0.39 is 23.5 Å². The summed E-state index contributed by atoms with van der Waals surface area (Å²) in [6.07, 6.45) is 17.0. The number of ether oxygens (including phenoxy) is 1. The van der Waals surface area contributed by atoms with Crippen LogP contribution in [0.25, 0.3) is 0 Å². The van der Waals surface area contributed by atoms with Crippen LogP contribution >= 0.6 is 7.68 Å². The third kappa shape index (κ3) is 24.4. The molecule has 1 aromatic rings. The van der Waals surface area contributed by atoms with Crippen molar-refractivity contribution in [2.75, 3.05) is 19.0 Å². The molecule has 0 aliphatic carbocycles. The standard InChI is InChI=1S/C20H43NO3S.C9H11O4P/c1-3-5-7-9-11-12-14-16-18-25(23,24)21-20(19-22)17-15-13-10-8-6-4-2;10-9(14(11)12)7-13-6-8-4-2-1-3-5-8/h20-22H,3-19H2,1-2H3;1-5,9-10H,6-7H2. The summed E-state index contributed by atoms with van der Waals surface area (Å²) >= 11 is 0. The molecule has 0 radical (unpaired) electrons. The van der Waals surface area contributed by atoms with Crippen molar-refractivity contribution in [3.05, 3.63) is 35.9 Å². The number of benzene rings is 1. The summed E-state index contributed by atoms with van der Waals surface area (Å²) in [5.41, 5.74) is 0.945. The Morgan fingerprint density at radius 2 is 1.33 bits per heavy atom. The van der Waals surface area contributed by atoms with E-state index in [1.165, 1.54) is 57.8 Å². The molecule has 1 aromatic carbocycles. The third-order valence-corrected chi connectivity index (χ3v) is 8.52. The molecule has 1 rings (SSSR count). The Bertz CT molecular complexity index is 842. The summed E-state index contributed by atoms with van der Waals surface area (Å²) in [6.45, 7) is 4.42. The van der Waals surface area contributed by atoms with Gasteiger partial charge in [-0.3, -0.25) is 0 Å². The Labute approximate surface area is 238 Å². The number of nitrogens with one attached hydrogen (secondary N) is 1. The summed E-state index contributed by atoms with van der Waals surface area (Å²) in [6, 6.07) is 9.03. The molecule has 0 aliphatic heterocycles. The van der Waals surface area contributed by atoms with Crippen LogP contribution in [0.2, 0.25) is 0 Å². The van der Waals surface area contributed by atoms with Crippen LogP contribution in [0.5, 0.6) is 0 Å². The maximum Gasteiger partial charge on any atom is 0.347 e. The van der Waals surface area contributed by atoms with Crippen LogP contribution in [0.1, 0.15) is 116 Å². The molecule has 0 fully saturated rings. The Balaban J connectivity index is 0.000000864. The molecular formula is C29H54NO7PS. The van der Waals surface area contributed by atoms with Gasteiger partial charge in [0.15, 0.2) is 5.85 Å². The van der Waals surface area contributed by atoms with E-state index in [0.29, 0.717) is 6.61 Å². The SMILES string of the molecule is CCCCCCCCCCS(=O)(=O)NC(CO)CCCCCCCC.O=P(=O)C(O)COCc1ccccc1. The van der Waals surface area contributed by atoms with Gasteiger partial charge in [-0.25, -0.2) is 22.3 Å². The van der Waals surface area contributed by atoms with Crippen LogP contribution in [-0.4, -0.2) is 49.5 Å². The zero-order valence-corrected chi connectivity index (χ0v) is 26.0. The fraction of sp³-hybridized carbons (Fsp3) is 0.793. The van der Waals surface area contributed by atoms with Gasteiger partial charge in [0.2, 0.25) is 10.0 Å². The monoisotopic (exact) mass is 591 g/mol. The van der Waals surface area contributed by atoms with Gasteiger partial charge in [-0.05, 0) is 18.4 Å². The quantitative estimate of drug-likeness (QED) is 0.0885. The fourth-order valence-electron chi connectivity index (χ4n) is 4.01. The van der Waals surface area contributed by atoms with Gasteiger partial charge >= 0.3 is 7.68 Å². The van der Waals surface area contributed by atoms with Crippen LogP contribution in [-0.2, 0) is 30.5 Å². The fourth-order valence-corrected chi connectivity index (χ4v) is 5.64. The second kappa shape index (κ2) is 25.8. The first-order chi connectivity index (χ1) is 18.8. The third-order valence-electron chi connectivity index (χ3n) is 6.36. The van der Waals surface area contributed by atoms with Crippen molar-refractivity contribution in [3.8, 4) is 0 Å². The molecule has 0 saturated carbocycles. The first kappa shape index (κ1) is 37.9. The molecule has 0 spiro atoms. The van der Waals surface area contributed by atoms with Gasteiger partial charge in [0.05, 0.1) is 25.6 Å². The lowest BCUT2D eigenvalue weighted by atomic mass is 10.1. The van der Waals surface area contributed by atoms with Crippen molar-refractivity contribution in [1.82, 2.24) is 4.72 Å². The van der Waals surface area contributed by atoms with Gasteiger partial charge < -0.3 is 14.9 Å². The number of rotatable bonds is 24. The van der Waals surface area contributed by atoms with Crippen LogP contribution in [0.3, 0.4) is 0 Å². The average Bonchev–Trinajstić information content (AvgIpc) is 2.92. The molecule has 0 aromatic heterocycles. The van der Waals surface area contributed by atoms with Crippen molar-refractivity contribution in [3.63, 3.8) is 0 Å². The minimum Gasteiger partial charge on any atom is -0.395 e. The second-order valence-electron chi connectivity index (χ2n) is 10.1. The van der Waals surface area contributed by atoms with Crippen LogP contribution < -0.4 is 4.72 Å². The van der Waals surface area contributed by atoms with E-state index in [2.05, 4.69) is 18.6 Å². The van der Waals surface area contributed by atoms with Crippen molar-refractivity contribution < 1.29 is 32.5 Å². The molecule has 0 saturated heterocycles. The van der Waals surface area contributed by atoms with Crippen LogP contribution in [0, 0.1) is 0 Å². The number of aliphatic hydroxyl groups excluding tert-OH is 2. The Hall–Kier alpha value is -1.09. The summed E-state index contributed by atoms with van der Waals surface area (Å²) in [7, 11) is -6.07. The maximum absolute atomic E-state index is 12.1. The van der Waals surface area contributed by atoms with Gasteiger partial charge in [-0.1, -0.05) is 128 Å².